The molecular formula is C8H17NS. The zero-order chi connectivity index (χ0) is 7.40. The van der Waals surface area contributed by atoms with Crippen LogP contribution in [0, 0.1) is 5.92 Å². The van der Waals surface area contributed by atoms with Gasteiger partial charge in [0.05, 0.1) is 0 Å². The first-order chi connectivity index (χ1) is 4.83. The van der Waals surface area contributed by atoms with Crippen LogP contribution in [-0.2, 0) is 0 Å². The largest absolute Gasteiger partial charge is 0.330 e. The van der Waals surface area contributed by atoms with E-state index < -0.39 is 0 Å². The fraction of sp³-hybridized carbons (Fsp3) is 1.00. The maximum Gasteiger partial charge on any atom is 0.00471 e. The van der Waals surface area contributed by atoms with Crippen LogP contribution in [0.5, 0.6) is 0 Å². The molecule has 2 N–H and O–H groups in total. The van der Waals surface area contributed by atoms with Gasteiger partial charge >= 0.3 is 0 Å². The maximum atomic E-state index is 5.50. The number of thioether (sulfide) groups is 1. The Hall–Kier alpha value is 0.310. The van der Waals surface area contributed by atoms with E-state index in [2.05, 4.69) is 18.7 Å². The minimum Gasteiger partial charge on any atom is -0.330 e. The summed E-state index contributed by atoms with van der Waals surface area (Å²) in [4.78, 5) is 0. The first-order valence-electron chi connectivity index (χ1n) is 4.14. The molecule has 1 fully saturated rings. The molecule has 1 aliphatic rings. The molecule has 0 aromatic rings. The molecule has 0 heterocycles. The molecule has 1 rings (SSSR count). The lowest BCUT2D eigenvalue weighted by atomic mass is 10.00. The van der Waals surface area contributed by atoms with Crippen molar-refractivity contribution in [1.82, 2.24) is 0 Å². The van der Waals surface area contributed by atoms with Crippen LogP contribution in [0.1, 0.15) is 26.2 Å². The van der Waals surface area contributed by atoms with Gasteiger partial charge in [-0.2, -0.15) is 11.8 Å². The van der Waals surface area contributed by atoms with Gasteiger partial charge in [0.15, 0.2) is 0 Å². The molecule has 0 aliphatic heterocycles. The molecule has 2 heteroatoms. The number of nitrogens with two attached hydrogens (primary N) is 1. The average molecular weight is 159 g/mol. The second-order valence-electron chi connectivity index (χ2n) is 3.23. The molecule has 1 unspecified atom stereocenters. The molecule has 1 aliphatic carbocycles. The molecule has 60 valence electrons. The fourth-order valence-electron chi connectivity index (χ4n) is 0.906. The van der Waals surface area contributed by atoms with E-state index in [9.17, 15) is 0 Å². The standard InChI is InChI=1S/C8H17NS/c1-7(5-9)6-10-8-3-2-4-8/h7-8H,2-6,9H2,1H3. The van der Waals surface area contributed by atoms with Gasteiger partial charge < -0.3 is 5.73 Å². The van der Waals surface area contributed by atoms with Gasteiger partial charge in [-0.1, -0.05) is 13.3 Å². The van der Waals surface area contributed by atoms with E-state index in [1.54, 1.807) is 0 Å². The zero-order valence-electron chi connectivity index (χ0n) is 6.68. The topological polar surface area (TPSA) is 26.0 Å². The second-order valence-corrected chi connectivity index (χ2v) is 4.56. The molecule has 0 radical (unpaired) electrons. The highest BCUT2D eigenvalue weighted by molar-refractivity contribution is 7.99. The van der Waals surface area contributed by atoms with Crippen LogP contribution in [0.25, 0.3) is 0 Å². The van der Waals surface area contributed by atoms with E-state index in [4.69, 9.17) is 5.73 Å². The molecule has 0 bridgehead atoms. The third-order valence-corrected chi connectivity index (χ3v) is 3.78. The smallest absolute Gasteiger partial charge is 0.00471 e. The van der Waals surface area contributed by atoms with Crippen molar-refractivity contribution in [3.63, 3.8) is 0 Å². The van der Waals surface area contributed by atoms with Crippen LogP contribution in [0.15, 0.2) is 0 Å². The minimum absolute atomic E-state index is 0.714. The van der Waals surface area contributed by atoms with Crippen LogP contribution in [-0.4, -0.2) is 17.5 Å². The van der Waals surface area contributed by atoms with Crippen molar-refractivity contribution < 1.29 is 0 Å². The summed E-state index contributed by atoms with van der Waals surface area (Å²) in [6.07, 6.45) is 4.35. The summed E-state index contributed by atoms with van der Waals surface area (Å²) >= 11 is 2.12. The van der Waals surface area contributed by atoms with Gasteiger partial charge in [0, 0.05) is 5.25 Å². The van der Waals surface area contributed by atoms with Crippen molar-refractivity contribution in [2.24, 2.45) is 11.7 Å². The molecule has 0 spiro atoms. The number of hydrogen-bond acceptors (Lipinski definition) is 2. The zero-order valence-corrected chi connectivity index (χ0v) is 7.49. The van der Waals surface area contributed by atoms with Gasteiger partial charge in [0.2, 0.25) is 0 Å². The van der Waals surface area contributed by atoms with E-state index in [0.717, 1.165) is 11.8 Å². The summed E-state index contributed by atoms with van der Waals surface area (Å²) in [5.74, 6) is 1.98. The second kappa shape index (κ2) is 4.24. The Bertz CT molecular complexity index is 86.5. The predicted octanol–water partition coefficient (Wildman–Crippen LogP) is 1.87. The number of hydrogen-bond donors (Lipinski definition) is 1. The van der Waals surface area contributed by atoms with Gasteiger partial charge in [-0.05, 0) is 31.1 Å². The molecule has 0 aromatic heterocycles. The molecule has 1 atom stereocenters. The van der Waals surface area contributed by atoms with Crippen molar-refractivity contribution in [2.75, 3.05) is 12.3 Å². The van der Waals surface area contributed by atoms with Crippen molar-refractivity contribution in [1.29, 1.82) is 0 Å². The molecule has 0 saturated heterocycles. The third kappa shape index (κ3) is 2.51. The van der Waals surface area contributed by atoms with Crippen molar-refractivity contribution in [3.05, 3.63) is 0 Å². The van der Waals surface area contributed by atoms with Crippen LogP contribution in [0.2, 0.25) is 0 Å². The van der Waals surface area contributed by atoms with Gasteiger partial charge in [-0.15, -0.1) is 0 Å². The molecule has 0 aromatic carbocycles. The minimum atomic E-state index is 0.714. The Balaban J connectivity index is 1.93. The summed E-state index contributed by atoms with van der Waals surface area (Å²) in [6, 6.07) is 0. The summed E-state index contributed by atoms with van der Waals surface area (Å²) in [5.41, 5.74) is 5.50. The fourth-order valence-corrected chi connectivity index (χ4v) is 2.31. The molecule has 0 amide bonds. The Morgan fingerprint density at radius 2 is 2.30 bits per heavy atom. The summed E-state index contributed by atoms with van der Waals surface area (Å²) in [5, 5.41) is 0.981. The highest BCUT2D eigenvalue weighted by Crippen LogP contribution is 2.31. The Labute approximate surface area is 67.8 Å². The lowest BCUT2D eigenvalue weighted by Gasteiger charge is -2.25. The number of rotatable bonds is 4. The van der Waals surface area contributed by atoms with E-state index >= 15 is 0 Å². The van der Waals surface area contributed by atoms with Crippen LogP contribution >= 0.6 is 11.8 Å². The average Bonchev–Trinajstić information content (AvgIpc) is 1.84. The molecule has 1 saturated carbocycles. The summed E-state index contributed by atoms with van der Waals surface area (Å²) < 4.78 is 0. The van der Waals surface area contributed by atoms with E-state index in [1.165, 1.54) is 25.0 Å². The van der Waals surface area contributed by atoms with Gasteiger partial charge in [0.1, 0.15) is 0 Å². The third-order valence-electron chi connectivity index (χ3n) is 2.07. The monoisotopic (exact) mass is 159 g/mol. The molecule has 1 nitrogen and oxygen atoms in total. The highest BCUT2D eigenvalue weighted by Gasteiger charge is 2.17. The normalized spacial score (nSPS) is 22.2. The molecular weight excluding hydrogens is 142 g/mol. The van der Waals surface area contributed by atoms with Crippen molar-refractivity contribution >= 4 is 11.8 Å². The van der Waals surface area contributed by atoms with Crippen molar-refractivity contribution in [2.45, 2.75) is 31.4 Å². The first-order valence-corrected chi connectivity index (χ1v) is 5.19. The molecule has 10 heavy (non-hydrogen) atoms. The lowest BCUT2D eigenvalue weighted by Crippen LogP contribution is -2.18. The van der Waals surface area contributed by atoms with E-state index in [1.807, 2.05) is 0 Å². The van der Waals surface area contributed by atoms with Crippen LogP contribution in [0.3, 0.4) is 0 Å². The lowest BCUT2D eigenvalue weighted by molar-refractivity contribution is 0.520. The Morgan fingerprint density at radius 3 is 2.70 bits per heavy atom. The van der Waals surface area contributed by atoms with E-state index in [0.29, 0.717) is 5.92 Å². The van der Waals surface area contributed by atoms with Gasteiger partial charge in [-0.3, -0.25) is 0 Å². The van der Waals surface area contributed by atoms with Crippen LogP contribution < -0.4 is 5.73 Å². The van der Waals surface area contributed by atoms with Crippen LogP contribution in [0.4, 0.5) is 0 Å². The highest BCUT2D eigenvalue weighted by atomic mass is 32.2. The maximum absolute atomic E-state index is 5.50. The summed E-state index contributed by atoms with van der Waals surface area (Å²) in [6.45, 7) is 3.07. The Kier molecular flexibility index (Phi) is 3.57. The van der Waals surface area contributed by atoms with E-state index in [-0.39, 0.29) is 0 Å². The quantitative estimate of drug-likeness (QED) is 0.677. The van der Waals surface area contributed by atoms with Gasteiger partial charge in [0.25, 0.3) is 0 Å². The summed E-state index contributed by atoms with van der Waals surface area (Å²) in [7, 11) is 0. The first kappa shape index (κ1) is 8.41. The SMILES string of the molecule is CC(CN)CSC1CCC1. The van der Waals surface area contributed by atoms with Crippen molar-refractivity contribution in [3.8, 4) is 0 Å². The van der Waals surface area contributed by atoms with Gasteiger partial charge in [-0.25, -0.2) is 0 Å². The predicted molar refractivity (Wildman–Crippen MR) is 48.3 cm³/mol. The Morgan fingerprint density at radius 1 is 1.60 bits per heavy atom.